The average Bonchev–Trinajstić information content (AvgIpc) is 2.99. The average molecular weight is 279 g/mol. The number of aromatic nitrogens is 1. The van der Waals surface area contributed by atoms with Crippen LogP contribution in [0.25, 0.3) is 21.1 Å². The topological polar surface area (TPSA) is 12.9 Å². The molecule has 0 atom stereocenters. The van der Waals surface area contributed by atoms with E-state index in [1.165, 1.54) is 29.5 Å². The fraction of sp³-hybridized carbons (Fsp3) is 0. The number of halogens is 2. The van der Waals surface area contributed by atoms with E-state index in [1.807, 2.05) is 17.5 Å². The summed E-state index contributed by atoms with van der Waals surface area (Å²) in [4.78, 5) is 5.30. The third-order valence-corrected chi connectivity index (χ3v) is 4.34. The van der Waals surface area contributed by atoms with Crippen molar-refractivity contribution < 1.29 is 8.78 Å². The molecule has 0 aliphatic rings. The van der Waals surface area contributed by atoms with Crippen LogP contribution in [0.2, 0.25) is 0 Å². The van der Waals surface area contributed by atoms with E-state index in [0.29, 0.717) is 5.69 Å². The van der Waals surface area contributed by atoms with E-state index >= 15 is 0 Å². The van der Waals surface area contributed by atoms with Gasteiger partial charge in [0, 0.05) is 5.38 Å². The maximum Gasteiger partial charge on any atom is 0.135 e. The molecular formula is C13H7F2NS2. The van der Waals surface area contributed by atoms with Crippen LogP contribution in [0.5, 0.6) is 0 Å². The monoisotopic (exact) mass is 279 g/mol. The summed E-state index contributed by atoms with van der Waals surface area (Å²) in [6.07, 6.45) is 0. The van der Waals surface area contributed by atoms with Gasteiger partial charge in [-0.1, -0.05) is 12.1 Å². The van der Waals surface area contributed by atoms with Crippen molar-refractivity contribution in [2.24, 2.45) is 0 Å². The lowest BCUT2D eigenvalue weighted by Gasteiger charge is -2.00. The first-order chi connectivity index (χ1) is 8.75. The SMILES string of the molecule is Fc1cccc(F)c1-c1csc(-c2cccs2)n1. The molecule has 2 heterocycles. The van der Waals surface area contributed by atoms with Crippen molar-refractivity contribution >= 4 is 22.7 Å². The van der Waals surface area contributed by atoms with Crippen LogP contribution in [0, 0.1) is 11.6 Å². The Morgan fingerprint density at radius 3 is 2.39 bits per heavy atom. The summed E-state index contributed by atoms with van der Waals surface area (Å²) >= 11 is 2.94. The van der Waals surface area contributed by atoms with Crippen molar-refractivity contribution in [2.45, 2.75) is 0 Å². The Morgan fingerprint density at radius 1 is 0.944 bits per heavy atom. The van der Waals surface area contributed by atoms with Crippen molar-refractivity contribution in [3.63, 3.8) is 0 Å². The number of thiophene rings is 1. The highest BCUT2D eigenvalue weighted by Gasteiger charge is 2.15. The molecule has 0 radical (unpaired) electrons. The summed E-state index contributed by atoms with van der Waals surface area (Å²) in [5.41, 5.74) is 0.288. The lowest BCUT2D eigenvalue weighted by molar-refractivity contribution is 0.589. The van der Waals surface area contributed by atoms with Crippen LogP contribution < -0.4 is 0 Å². The van der Waals surface area contributed by atoms with Gasteiger partial charge in [0.2, 0.25) is 0 Å². The minimum Gasteiger partial charge on any atom is -0.235 e. The highest BCUT2D eigenvalue weighted by atomic mass is 32.1. The van der Waals surface area contributed by atoms with Gasteiger partial charge in [-0.05, 0) is 23.6 Å². The number of rotatable bonds is 2. The second-order valence-corrected chi connectivity index (χ2v) is 5.42. The van der Waals surface area contributed by atoms with Crippen LogP contribution in [0.1, 0.15) is 0 Å². The Bertz CT molecular complexity index is 654. The van der Waals surface area contributed by atoms with Gasteiger partial charge in [0.15, 0.2) is 0 Å². The summed E-state index contributed by atoms with van der Waals surface area (Å²) in [5.74, 6) is -1.17. The molecule has 3 rings (SSSR count). The van der Waals surface area contributed by atoms with Crippen LogP contribution in [0.3, 0.4) is 0 Å². The minimum atomic E-state index is -0.585. The molecular weight excluding hydrogens is 272 g/mol. The third kappa shape index (κ3) is 1.95. The molecule has 18 heavy (non-hydrogen) atoms. The van der Waals surface area contributed by atoms with E-state index in [2.05, 4.69) is 4.98 Å². The van der Waals surface area contributed by atoms with E-state index < -0.39 is 11.6 Å². The largest absolute Gasteiger partial charge is 0.235 e. The fourth-order valence-corrected chi connectivity index (χ4v) is 3.27. The molecule has 0 aliphatic carbocycles. The van der Waals surface area contributed by atoms with E-state index in [0.717, 1.165) is 9.88 Å². The molecule has 0 fully saturated rings. The normalized spacial score (nSPS) is 10.8. The third-order valence-electron chi connectivity index (χ3n) is 2.46. The Hall–Kier alpha value is -1.59. The first-order valence-electron chi connectivity index (χ1n) is 5.19. The van der Waals surface area contributed by atoms with Crippen LogP contribution in [-0.4, -0.2) is 4.98 Å². The lowest BCUT2D eigenvalue weighted by Crippen LogP contribution is -1.89. The zero-order chi connectivity index (χ0) is 12.5. The standard InChI is InChI=1S/C13H7F2NS2/c14-8-3-1-4-9(15)12(8)10-7-18-13(16-10)11-5-2-6-17-11/h1-7H. The second kappa shape index (κ2) is 4.59. The molecule has 5 heteroatoms. The Morgan fingerprint density at radius 2 is 1.72 bits per heavy atom. The van der Waals surface area contributed by atoms with Gasteiger partial charge in [0.05, 0.1) is 16.1 Å². The smallest absolute Gasteiger partial charge is 0.135 e. The molecule has 0 N–H and O–H groups in total. The maximum atomic E-state index is 13.6. The molecule has 0 saturated carbocycles. The Balaban J connectivity index is 2.09. The molecule has 0 saturated heterocycles. The van der Waals surface area contributed by atoms with E-state index in [-0.39, 0.29) is 5.56 Å². The van der Waals surface area contributed by atoms with Gasteiger partial charge in [-0.25, -0.2) is 13.8 Å². The van der Waals surface area contributed by atoms with Crippen LogP contribution >= 0.6 is 22.7 Å². The molecule has 3 aromatic rings. The van der Waals surface area contributed by atoms with Gasteiger partial charge in [-0.3, -0.25) is 0 Å². The van der Waals surface area contributed by atoms with Gasteiger partial charge in [0.1, 0.15) is 16.6 Å². The van der Waals surface area contributed by atoms with Gasteiger partial charge in [-0.15, -0.1) is 22.7 Å². The zero-order valence-electron chi connectivity index (χ0n) is 9.06. The van der Waals surface area contributed by atoms with E-state index in [9.17, 15) is 8.78 Å². The number of thiazole rings is 1. The van der Waals surface area contributed by atoms with Crippen molar-refractivity contribution in [3.05, 3.63) is 52.7 Å². The van der Waals surface area contributed by atoms with E-state index in [4.69, 9.17) is 0 Å². The molecule has 90 valence electrons. The van der Waals surface area contributed by atoms with Crippen molar-refractivity contribution in [1.82, 2.24) is 4.98 Å². The highest BCUT2D eigenvalue weighted by molar-refractivity contribution is 7.20. The first-order valence-corrected chi connectivity index (χ1v) is 6.95. The van der Waals surface area contributed by atoms with Crippen molar-refractivity contribution in [3.8, 4) is 21.1 Å². The summed E-state index contributed by atoms with van der Waals surface area (Å²) < 4.78 is 27.2. The van der Waals surface area contributed by atoms with Crippen molar-refractivity contribution in [1.29, 1.82) is 0 Å². The number of hydrogen-bond donors (Lipinski definition) is 0. The van der Waals surface area contributed by atoms with Crippen LogP contribution in [0.15, 0.2) is 41.1 Å². The molecule has 1 aromatic carbocycles. The van der Waals surface area contributed by atoms with Gasteiger partial charge in [0.25, 0.3) is 0 Å². The van der Waals surface area contributed by atoms with E-state index in [1.54, 1.807) is 16.7 Å². The molecule has 0 unspecified atom stereocenters. The predicted molar refractivity (Wildman–Crippen MR) is 70.8 cm³/mol. The van der Waals surface area contributed by atoms with Crippen molar-refractivity contribution in [2.75, 3.05) is 0 Å². The summed E-state index contributed by atoms with van der Waals surface area (Å²) in [7, 11) is 0. The fourth-order valence-electron chi connectivity index (χ4n) is 1.64. The first kappa shape index (κ1) is 11.5. The summed E-state index contributed by atoms with van der Waals surface area (Å²) in [5, 5.41) is 4.40. The van der Waals surface area contributed by atoms with Gasteiger partial charge in [-0.2, -0.15) is 0 Å². The number of hydrogen-bond acceptors (Lipinski definition) is 3. The second-order valence-electron chi connectivity index (χ2n) is 3.61. The molecule has 0 spiro atoms. The minimum absolute atomic E-state index is 0.0587. The Labute approximate surface area is 110 Å². The van der Waals surface area contributed by atoms with Gasteiger partial charge < -0.3 is 0 Å². The van der Waals surface area contributed by atoms with Gasteiger partial charge >= 0.3 is 0 Å². The quantitative estimate of drug-likeness (QED) is 0.655. The maximum absolute atomic E-state index is 13.6. The summed E-state index contributed by atoms with van der Waals surface area (Å²) in [6.45, 7) is 0. The highest BCUT2D eigenvalue weighted by Crippen LogP contribution is 2.33. The lowest BCUT2D eigenvalue weighted by atomic mass is 10.1. The predicted octanol–water partition coefficient (Wildman–Crippen LogP) is 4.82. The number of benzene rings is 1. The summed E-state index contributed by atoms with van der Waals surface area (Å²) in [6, 6.07) is 7.68. The number of nitrogens with zero attached hydrogens (tertiary/aromatic N) is 1. The molecule has 0 aliphatic heterocycles. The van der Waals surface area contributed by atoms with Crippen LogP contribution in [-0.2, 0) is 0 Å². The molecule has 1 nitrogen and oxygen atoms in total. The Kier molecular flexibility index (Phi) is 2.93. The molecule has 0 amide bonds. The van der Waals surface area contributed by atoms with Crippen LogP contribution in [0.4, 0.5) is 8.78 Å². The molecule has 0 bridgehead atoms. The molecule has 2 aromatic heterocycles. The zero-order valence-corrected chi connectivity index (χ0v) is 10.7.